The summed E-state index contributed by atoms with van der Waals surface area (Å²) >= 11 is 0. The van der Waals surface area contributed by atoms with E-state index in [-0.39, 0.29) is 23.9 Å². The van der Waals surface area contributed by atoms with Gasteiger partial charge in [0, 0.05) is 45.1 Å². The van der Waals surface area contributed by atoms with Crippen LogP contribution in [0.1, 0.15) is 57.2 Å². The molecule has 2 aliphatic heterocycles. The molecule has 1 aliphatic carbocycles. The van der Waals surface area contributed by atoms with Crippen molar-refractivity contribution < 1.29 is 19.1 Å². The zero-order valence-corrected chi connectivity index (χ0v) is 19.1. The van der Waals surface area contributed by atoms with Gasteiger partial charge in [0.1, 0.15) is 6.10 Å². The number of benzene rings is 1. The van der Waals surface area contributed by atoms with E-state index in [1.54, 1.807) is 7.11 Å². The van der Waals surface area contributed by atoms with Crippen molar-refractivity contribution in [2.24, 2.45) is 0 Å². The molecule has 1 N–H and O–H groups in total. The molecule has 7 nitrogen and oxygen atoms in total. The second kappa shape index (κ2) is 8.88. The second-order valence-corrected chi connectivity index (χ2v) is 9.42. The van der Waals surface area contributed by atoms with Crippen molar-refractivity contribution in [3.63, 3.8) is 0 Å². The summed E-state index contributed by atoms with van der Waals surface area (Å²) in [7, 11) is 1.68. The van der Waals surface area contributed by atoms with Gasteiger partial charge in [-0.2, -0.15) is 0 Å². The largest absolute Gasteiger partial charge is 0.385 e. The molecule has 2 amide bonds. The molecule has 7 heteroatoms. The minimum absolute atomic E-state index is 0.0658. The predicted octanol–water partition coefficient (Wildman–Crippen LogP) is 2.39. The summed E-state index contributed by atoms with van der Waals surface area (Å²) in [5, 5.41) is 3.26. The third-order valence-electron chi connectivity index (χ3n) is 6.79. The van der Waals surface area contributed by atoms with Crippen LogP contribution in [0.4, 0.5) is 5.69 Å². The summed E-state index contributed by atoms with van der Waals surface area (Å²) < 4.78 is 10.9. The average Bonchev–Trinajstić information content (AvgIpc) is 3.59. The quantitative estimate of drug-likeness (QED) is 0.643. The Morgan fingerprint density at radius 2 is 2.16 bits per heavy atom. The van der Waals surface area contributed by atoms with Crippen molar-refractivity contribution in [1.29, 1.82) is 0 Å². The number of ether oxygens (including phenoxy) is 2. The molecular formula is C24H35N3O4. The number of hydrogen-bond acceptors (Lipinski definition) is 5. The molecule has 0 radical (unpaired) electrons. The normalized spacial score (nSPS) is 23.5. The monoisotopic (exact) mass is 429 g/mol. The van der Waals surface area contributed by atoms with Gasteiger partial charge in [-0.15, -0.1) is 0 Å². The van der Waals surface area contributed by atoms with Gasteiger partial charge < -0.3 is 24.6 Å². The molecule has 0 bridgehead atoms. The highest BCUT2D eigenvalue weighted by molar-refractivity contribution is 6.07. The standard InChI is InChI=1S/C24H35N3O4/c1-16(27(18-7-8-18)22(28)21-15-25-10-13-31-21)17-6-9-19-20(14-17)26(11-5-12-30-4)23(29)24(19,2)3/h6,9,14,16,18,21,25H,5,7-8,10-13,15H2,1-4H3/t16-,21-/m1/s1. The lowest BCUT2D eigenvalue weighted by atomic mass is 9.85. The fourth-order valence-electron chi connectivity index (χ4n) is 4.80. The van der Waals surface area contributed by atoms with E-state index >= 15 is 0 Å². The lowest BCUT2D eigenvalue weighted by Gasteiger charge is -2.34. The first-order valence-corrected chi connectivity index (χ1v) is 11.5. The summed E-state index contributed by atoms with van der Waals surface area (Å²) in [6, 6.07) is 6.47. The van der Waals surface area contributed by atoms with E-state index in [2.05, 4.69) is 30.4 Å². The van der Waals surface area contributed by atoms with Crippen LogP contribution >= 0.6 is 0 Å². The van der Waals surface area contributed by atoms with E-state index in [9.17, 15) is 9.59 Å². The second-order valence-electron chi connectivity index (χ2n) is 9.42. The van der Waals surface area contributed by atoms with Gasteiger partial charge in [-0.05, 0) is 57.2 Å². The molecule has 3 aliphatic rings. The minimum Gasteiger partial charge on any atom is -0.385 e. The summed E-state index contributed by atoms with van der Waals surface area (Å²) in [5.41, 5.74) is 2.53. The van der Waals surface area contributed by atoms with E-state index in [1.807, 2.05) is 23.6 Å². The Morgan fingerprint density at radius 3 is 2.81 bits per heavy atom. The SMILES string of the molecule is COCCCN1C(=O)C(C)(C)c2ccc([C@@H](C)N(C(=O)[C@H]3CNCCO3)C3CC3)cc21. The molecular weight excluding hydrogens is 394 g/mol. The Labute approximate surface area is 185 Å². The number of carbonyl (C=O) groups is 2. The van der Waals surface area contributed by atoms with Crippen LogP contribution in [0.15, 0.2) is 18.2 Å². The third-order valence-corrected chi connectivity index (χ3v) is 6.79. The Hall–Kier alpha value is -1.96. The van der Waals surface area contributed by atoms with Crippen LogP contribution in [0, 0.1) is 0 Å². The van der Waals surface area contributed by atoms with Crippen molar-refractivity contribution in [2.75, 3.05) is 44.9 Å². The van der Waals surface area contributed by atoms with E-state index in [0.717, 1.165) is 42.6 Å². The van der Waals surface area contributed by atoms with E-state index < -0.39 is 11.5 Å². The maximum atomic E-state index is 13.3. The molecule has 1 saturated carbocycles. The summed E-state index contributed by atoms with van der Waals surface area (Å²) in [5.74, 6) is 0.191. The van der Waals surface area contributed by atoms with Crippen molar-refractivity contribution >= 4 is 17.5 Å². The van der Waals surface area contributed by atoms with Gasteiger partial charge in [-0.3, -0.25) is 9.59 Å². The number of morpholine rings is 1. The van der Waals surface area contributed by atoms with E-state index in [1.165, 1.54) is 0 Å². The molecule has 170 valence electrons. The number of methoxy groups -OCH3 is 1. The van der Waals surface area contributed by atoms with Crippen LogP contribution in [-0.4, -0.2) is 68.8 Å². The van der Waals surface area contributed by atoms with Gasteiger partial charge in [0.2, 0.25) is 5.91 Å². The summed E-state index contributed by atoms with van der Waals surface area (Å²) in [4.78, 5) is 30.3. The lowest BCUT2D eigenvalue weighted by molar-refractivity contribution is -0.148. The number of carbonyl (C=O) groups excluding carboxylic acids is 2. The van der Waals surface area contributed by atoms with Crippen LogP contribution < -0.4 is 10.2 Å². The number of anilines is 1. The number of nitrogens with zero attached hydrogens (tertiary/aromatic N) is 2. The number of rotatable bonds is 8. The van der Waals surface area contributed by atoms with Gasteiger partial charge >= 0.3 is 0 Å². The van der Waals surface area contributed by atoms with Gasteiger partial charge in [0.15, 0.2) is 0 Å². The Kier molecular flexibility index (Phi) is 6.37. The van der Waals surface area contributed by atoms with Gasteiger partial charge in [0.25, 0.3) is 5.91 Å². The summed E-state index contributed by atoms with van der Waals surface area (Å²) in [6.07, 6.45) is 2.44. The van der Waals surface area contributed by atoms with Gasteiger partial charge in [0.05, 0.1) is 18.1 Å². The molecule has 2 fully saturated rings. The fourth-order valence-corrected chi connectivity index (χ4v) is 4.80. The summed E-state index contributed by atoms with van der Waals surface area (Å²) in [6.45, 7) is 9.23. The number of amides is 2. The highest BCUT2D eigenvalue weighted by Crippen LogP contribution is 2.44. The highest BCUT2D eigenvalue weighted by atomic mass is 16.5. The van der Waals surface area contributed by atoms with Gasteiger partial charge in [-0.1, -0.05) is 12.1 Å². The highest BCUT2D eigenvalue weighted by Gasteiger charge is 2.45. The van der Waals surface area contributed by atoms with E-state index in [0.29, 0.717) is 26.3 Å². The average molecular weight is 430 g/mol. The number of nitrogens with one attached hydrogen (secondary N) is 1. The van der Waals surface area contributed by atoms with E-state index in [4.69, 9.17) is 9.47 Å². The first-order valence-electron chi connectivity index (χ1n) is 11.5. The Morgan fingerprint density at radius 1 is 1.39 bits per heavy atom. The van der Waals surface area contributed by atoms with Crippen LogP contribution in [0.3, 0.4) is 0 Å². The Balaban J connectivity index is 1.60. The third kappa shape index (κ3) is 4.23. The zero-order chi connectivity index (χ0) is 22.2. The minimum atomic E-state index is -0.544. The maximum absolute atomic E-state index is 13.3. The van der Waals surface area contributed by atoms with Crippen molar-refractivity contribution in [2.45, 2.75) is 63.6 Å². The molecule has 1 aromatic carbocycles. The molecule has 31 heavy (non-hydrogen) atoms. The lowest BCUT2D eigenvalue weighted by Crippen LogP contribution is -2.50. The number of hydrogen-bond donors (Lipinski definition) is 1. The van der Waals surface area contributed by atoms with Crippen LogP contribution in [-0.2, 0) is 24.5 Å². The molecule has 4 rings (SSSR count). The van der Waals surface area contributed by atoms with Crippen LogP contribution in [0.25, 0.3) is 0 Å². The van der Waals surface area contributed by atoms with Crippen LogP contribution in [0.2, 0.25) is 0 Å². The topological polar surface area (TPSA) is 71.1 Å². The van der Waals surface area contributed by atoms with Crippen molar-refractivity contribution in [1.82, 2.24) is 10.2 Å². The molecule has 0 spiro atoms. The molecule has 2 heterocycles. The zero-order valence-electron chi connectivity index (χ0n) is 19.1. The molecule has 0 aromatic heterocycles. The fraction of sp³-hybridized carbons (Fsp3) is 0.667. The molecule has 2 atom stereocenters. The molecule has 0 unspecified atom stereocenters. The van der Waals surface area contributed by atoms with Gasteiger partial charge in [-0.25, -0.2) is 0 Å². The number of fused-ring (bicyclic) bond motifs is 1. The molecule has 1 saturated heterocycles. The Bertz CT molecular complexity index is 830. The molecule has 1 aromatic rings. The van der Waals surface area contributed by atoms with Crippen LogP contribution in [0.5, 0.6) is 0 Å². The van der Waals surface area contributed by atoms with Crippen molar-refractivity contribution in [3.05, 3.63) is 29.3 Å². The first kappa shape index (κ1) is 22.2. The smallest absolute Gasteiger partial charge is 0.253 e. The predicted molar refractivity (Wildman–Crippen MR) is 119 cm³/mol. The van der Waals surface area contributed by atoms with Crippen molar-refractivity contribution in [3.8, 4) is 0 Å². The first-order chi connectivity index (χ1) is 14.9. The maximum Gasteiger partial charge on any atom is 0.253 e.